The van der Waals surface area contributed by atoms with Crippen LogP contribution in [0.3, 0.4) is 0 Å². The number of ether oxygens (including phenoxy) is 1. The van der Waals surface area contributed by atoms with E-state index in [-0.39, 0.29) is 12.2 Å². The molecule has 0 fully saturated rings. The molecule has 0 saturated carbocycles. The van der Waals surface area contributed by atoms with Crippen LogP contribution in [-0.4, -0.2) is 6.29 Å². The third kappa shape index (κ3) is 3.38. The summed E-state index contributed by atoms with van der Waals surface area (Å²) in [6.07, 6.45) is 0.690. The van der Waals surface area contributed by atoms with Crippen molar-refractivity contribution in [2.45, 2.75) is 6.61 Å². The molecule has 0 saturated heterocycles. The summed E-state index contributed by atoms with van der Waals surface area (Å²) in [5.41, 5.74) is 0.689. The second-order valence-electron chi connectivity index (χ2n) is 3.83. The van der Waals surface area contributed by atoms with Crippen LogP contribution >= 0.6 is 15.9 Å². The minimum Gasteiger partial charge on any atom is -0.489 e. The van der Waals surface area contributed by atoms with Gasteiger partial charge >= 0.3 is 0 Å². The lowest BCUT2D eigenvalue weighted by Gasteiger charge is -2.08. The Hall–Kier alpha value is -1.75. The van der Waals surface area contributed by atoms with Gasteiger partial charge in [0.1, 0.15) is 24.0 Å². The molecule has 2 aromatic carbocycles. The van der Waals surface area contributed by atoms with E-state index in [2.05, 4.69) is 15.9 Å². The van der Waals surface area contributed by atoms with Gasteiger partial charge in [0.05, 0.1) is 0 Å². The first-order valence-electron chi connectivity index (χ1n) is 5.41. The van der Waals surface area contributed by atoms with Gasteiger partial charge in [-0.2, -0.15) is 0 Å². The van der Waals surface area contributed by atoms with Gasteiger partial charge < -0.3 is 4.74 Å². The molecule has 19 heavy (non-hydrogen) atoms. The molecule has 0 bridgehead atoms. The Labute approximate surface area is 117 Å². The summed E-state index contributed by atoms with van der Waals surface area (Å²) in [5, 5.41) is 0. The van der Waals surface area contributed by atoms with Crippen molar-refractivity contribution >= 4 is 22.2 Å². The fourth-order valence-electron chi connectivity index (χ4n) is 1.50. The molecule has 2 nitrogen and oxygen atoms in total. The molecule has 0 amide bonds. The first-order valence-corrected chi connectivity index (χ1v) is 6.21. The highest BCUT2D eigenvalue weighted by Crippen LogP contribution is 2.22. The van der Waals surface area contributed by atoms with E-state index < -0.39 is 11.6 Å². The average molecular weight is 327 g/mol. The van der Waals surface area contributed by atoms with Crippen molar-refractivity contribution in [2.24, 2.45) is 0 Å². The number of hydrogen-bond donors (Lipinski definition) is 0. The van der Waals surface area contributed by atoms with Crippen molar-refractivity contribution < 1.29 is 18.3 Å². The average Bonchev–Trinajstić information content (AvgIpc) is 2.39. The maximum Gasteiger partial charge on any atom is 0.151 e. The highest BCUT2D eigenvalue weighted by atomic mass is 79.9. The van der Waals surface area contributed by atoms with Gasteiger partial charge in [0, 0.05) is 21.7 Å². The minimum atomic E-state index is -0.660. The normalized spacial score (nSPS) is 10.3. The molecular formula is C14H9BrF2O2. The lowest BCUT2D eigenvalue weighted by Crippen LogP contribution is -1.99. The molecule has 2 aromatic rings. The molecule has 0 aliphatic rings. The van der Waals surface area contributed by atoms with Gasteiger partial charge in [-0.1, -0.05) is 15.9 Å². The number of benzene rings is 2. The molecular weight excluding hydrogens is 318 g/mol. The van der Waals surface area contributed by atoms with Gasteiger partial charge in [-0.3, -0.25) is 4.79 Å². The molecule has 0 radical (unpaired) electrons. The highest BCUT2D eigenvalue weighted by molar-refractivity contribution is 9.10. The zero-order chi connectivity index (χ0) is 13.8. The second kappa shape index (κ2) is 5.93. The Kier molecular flexibility index (Phi) is 4.27. The Bertz CT molecular complexity index is 614. The summed E-state index contributed by atoms with van der Waals surface area (Å²) < 4.78 is 32.1. The molecule has 0 aromatic heterocycles. The summed E-state index contributed by atoms with van der Waals surface area (Å²) in [6, 6.07) is 8.15. The van der Waals surface area contributed by atoms with Crippen LogP contribution in [0, 0.1) is 11.6 Å². The lowest BCUT2D eigenvalue weighted by atomic mass is 10.2. The molecule has 0 N–H and O–H groups in total. The van der Waals surface area contributed by atoms with E-state index in [1.165, 1.54) is 12.1 Å². The quantitative estimate of drug-likeness (QED) is 0.790. The van der Waals surface area contributed by atoms with Crippen LogP contribution in [0.1, 0.15) is 15.9 Å². The van der Waals surface area contributed by atoms with Crippen LogP contribution in [0.4, 0.5) is 8.78 Å². The predicted octanol–water partition coefficient (Wildman–Crippen LogP) is 4.12. The van der Waals surface area contributed by atoms with E-state index in [0.717, 1.165) is 6.07 Å². The van der Waals surface area contributed by atoms with Gasteiger partial charge in [-0.25, -0.2) is 8.78 Å². The zero-order valence-electron chi connectivity index (χ0n) is 9.70. The summed E-state index contributed by atoms with van der Waals surface area (Å²) in [4.78, 5) is 10.8. The number of carbonyl (C=O) groups is 1. The van der Waals surface area contributed by atoms with E-state index in [1.807, 2.05) is 0 Å². The van der Waals surface area contributed by atoms with E-state index >= 15 is 0 Å². The largest absolute Gasteiger partial charge is 0.489 e. The van der Waals surface area contributed by atoms with Crippen LogP contribution in [-0.2, 0) is 6.61 Å². The molecule has 0 spiro atoms. The predicted molar refractivity (Wildman–Crippen MR) is 70.2 cm³/mol. The topological polar surface area (TPSA) is 26.3 Å². The minimum absolute atomic E-state index is 0.0357. The second-order valence-corrected chi connectivity index (χ2v) is 4.68. The van der Waals surface area contributed by atoms with Crippen molar-refractivity contribution in [2.75, 3.05) is 0 Å². The van der Waals surface area contributed by atoms with Crippen molar-refractivity contribution in [3.63, 3.8) is 0 Å². The van der Waals surface area contributed by atoms with Gasteiger partial charge in [0.25, 0.3) is 0 Å². The van der Waals surface area contributed by atoms with Gasteiger partial charge in [-0.05, 0) is 30.3 Å². The maximum absolute atomic E-state index is 13.4. The van der Waals surface area contributed by atoms with E-state index in [4.69, 9.17) is 4.74 Å². The SMILES string of the molecule is O=Cc1cc(OCc2ccc(F)cc2F)ccc1Br. The summed E-state index contributed by atoms with van der Waals surface area (Å²) >= 11 is 3.22. The molecule has 0 aliphatic carbocycles. The first kappa shape index (κ1) is 13.7. The molecule has 5 heteroatoms. The van der Waals surface area contributed by atoms with Gasteiger partial charge in [0.2, 0.25) is 0 Å². The fraction of sp³-hybridized carbons (Fsp3) is 0.0714. The van der Waals surface area contributed by atoms with E-state index in [1.54, 1.807) is 18.2 Å². The van der Waals surface area contributed by atoms with Crippen molar-refractivity contribution in [1.82, 2.24) is 0 Å². The number of rotatable bonds is 4. The number of carbonyl (C=O) groups excluding carboxylic acids is 1. The van der Waals surface area contributed by atoms with Crippen LogP contribution in [0.2, 0.25) is 0 Å². The first-order chi connectivity index (χ1) is 9.10. The molecule has 0 atom stereocenters. The monoisotopic (exact) mass is 326 g/mol. The van der Waals surface area contributed by atoms with Crippen LogP contribution in [0.25, 0.3) is 0 Å². The van der Waals surface area contributed by atoms with E-state index in [0.29, 0.717) is 22.1 Å². The molecule has 0 aliphatic heterocycles. The Morgan fingerprint density at radius 1 is 1.16 bits per heavy atom. The Balaban J connectivity index is 2.12. The van der Waals surface area contributed by atoms with Crippen molar-refractivity contribution in [1.29, 1.82) is 0 Å². The van der Waals surface area contributed by atoms with Crippen molar-refractivity contribution in [3.8, 4) is 5.75 Å². The third-order valence-electron chi connectivity index (χ3n) is 2.50. The molecule has 98 valence electrons. The summed E-state index contributed by atoms with van der Waals surface area (Å²) in [5.74, 6) is -0.852. The Morgan fingerprint density at radius 2 is 1.95 bits per heavy atom. The summed E-state index contributed by atoms with van der Waals surface area (Å²) in [7, 11) is 0. The lowest BCUT2D eigenvalue weighted by molar-refractivity contribution is 0.112. The molecule has 0 heterocycles. The van der Waals surface area contributed by atoms with Gasteiger partial charge in [-0.15, -0.1) is 0 Å². The van der Waals surface area contributed by atoms with E-state index in [9.17, 15) is 13.6 Å². The van der Waals surface area contributed by atoms with Gasteiger partial charge in [0.15, 0.2) is 6.29 Å². The zero-order valence-corrected chi connectivity index (χ0v) is 11.3. The van der Waals surface area contributed by atoms with Crippen LogP contribution in [0.5, 0.6) is 5.75 Å². The molecule has 2 rings (SSSR count). The molecule has 0 unspecified atom stereocenters. The van der Waals surface area contributed by atoms with Crippen LogP contribution < -0.4 is 4.74 Å². The standard InChI is InChI=1S/C14H9BrF2O2/c15-13-4-3-12(5-10(13)7-18)19-8-9-1-2-11(16)6-14(9)17/h1-7H,8H2. The Morgan fingerprint density at radius 3 is 2.63 bits per heavy atom. The maximum atomic E-state index is 13.4. The number of aldehydes is 1. The summed E-state index contributed by atoms with van der Waals surface area (Å²) in [6.45, 7) is -0.0357. The number of hydrogen-bond acceptors (Lipinski definition) is 2. The highest BCUT2D eigenvalue weighted by Gasteiger charge is 2.06. The van der Waals surface area contributed by atoms with Crippen LogP contribution in [0.15, 0.2) is 40.9 Å². The smallest absolute Gasteiger partial charge is 0.151 e. The number of halogens is 3. The van der Waals surface area contributed by atoms with Crippen molar-refractivity contribution in [3.05, 3.63) is 63.6 Å². The fourth-order valence-corrected chi connectivity index (χ4v) is 1.84. The third-order valence-corrected chi connectivity index (χ3v) is 3.23.